The van der Waals surface area contributed by atoms with E-state index < -0.39 is 0 Å². The van der Waals surface area contributed by atoms with Crippen molar-refractivity contribution in [3.8, 4) is 5.75 Å². The van der Waals surface area contributed by atoms with Crippen LogP contribution in [0.1, 0.15) is 25.3 Å². The third kappa shape index (κ3) is 4.95. The van der Waals surface area contributed by atoms with Crippen molar-refractivity contribution in [1.82, 2.24) is 14.7 Å². The van der Waals surface area contributed by atoms with Gasteiger partial charge in [-0.1, -0.05) is 17.7 Å². The fourth-order valence-corrected chi connectivity index (χ4v) is 3.46. The van der Waals surface area contributed by atoms with Crippen LogP contribution in [-0.2, 0) is 4.79 Å². The molecule has 138 valence electrons. The Morgan fingerprint density at radius 3 is 2.44 bits per heavy atom. The molecule has 5 nitrogen and oxygen atoms in total. The van der Waals surface area contributed by atoms with Crippen LogP contribution in [-0.4, -0.2) is 79.1 Å². The zero-order valence-corrected chi connectivity index (χ0v) is 15.8. The minimum atomic E-state index is 0.140. The second kappa shape index (κ2) is 8.19. The normalized spacial score (nSPS) is 21.0. The monoisotopic (exact) mass is 345 g/mol. The summed E-state index contributed by atoms with van der Waals surface area (Å²) in [5.41, 5.74) is 1.23. The van der Waals surface area contributed by atoms with Gasteiger partial charge in [0.05, 0.1) is 13.1 Å². The second-order valence-corrected chi connectivity index (χ2v) is 7.58. The van der Waals surface area contributed by atoms with E-state index in [4.69, 9.17) is 4.74 Å². The number of hydrogen-bond acceptors (Lipinski definition) is 4. The predicted octanol–water partition coefficient (Wildman–Crippen LogP) is 2.00. The molecule has 0 aromatic heterocycles. The number of piperazine rings is 1. The van der Waals surface area contributed by atoms with Crippen LogP contribution in [0.25, 0.3) is 0 Å². The van der Waals surface area contributed by atoms with Crippen LogP contribution in [0.4, 0.5) is 0 Å². The number of nitrogens with zero attached hydrogens (tertiary/aromatic N) is 3. The molecule has 2 aliphatic rings. The number of carbonyl (C=O) groups is 1. The number of ether oxygens (including phenoxy) is 1. The lowest BCUT2D eigenvalue weighted by molar-refractivity contribution is -0.140. The van der Waals surface area contributed by atoms with Crippen molar-refractivity contribution >= 4 is 5.91 Å². The van der Waals surface area contributed by atoms with E-state index in [1.54, 1.807) is 0 Å². The Morgan fingerprint density at radius 2 is 1.80 bits per heavy atom. The molecule has 1 aromatic rings. The molecule has 0 aliphatic carbocycles. The van der Waals surface area contributed by atoms with Crippen LogP contribution in [0.5, 0.6) is 5.75 Å². The fraction of sp³-hybridized carbons (Fsp3) is 0.650. The molecule has 2 saturated heterocycles. The molecule has 1 amide bonds. The molecule has 25 heavy (non-hydrogen) atoms. The zero-order valence-electron chi connectivity index (χ0n) is 15.8. The third-order valence-corrected chi connectivity index (χ3v) is 5.46. The first-order chi connectivity index (χ1) is 12.0. The molecular formula is C20H31N3O2. The second-order valence-electron chi connectivity index (χ2n) is 7.58. The molecule has 0 spiro atoms. The minimum absolute atomic E-state index is 0.140. The Kier molecular flexibility index (Phi) is 5.97. The van der Waals surface area contributed by atoms with E-state index in [1.807, 2.05) is 17.0 Å². The molecule has 0 radical (unpaired) electrons. The number of likely N-dealkylation sites (tertiary alicyclic amines) is 1. The van der Waals surface area contributed by atoms with Crippen LogP contribution < -0.4 is 4.74 Å². The molecule has 3 rings (SSSR count). The van der Waals surface area contributed by atoms with Crippen molar-refractivity contribution in [1.29, 1.82) is 0 Å². The van der Waals surface area contributed by atoms with Gasteiger partial charge in [-0.05, 0) is 39.4 Å². The van der Waals surface area contributed by atoms with Crippen molar-refractivity contribution in [3.63, 3.8) is 0 Å². The molecular weight excluding hydrogens is 314 g/mol. The summed E-state index contributed by atoms with van der Waals surface area (Å²) in [5.74, 6) is 1.16. The molecule has 2 fully saturated rings. The summed E-state index contributed by atoms with van der Waals surface area (Å²) in [6.07, 6.45) is 1.73. The molecule has 0 bridgehead atoms. The zero-order chi connectivity index (χ0) is 17.8. The van der Waals surface area contributed by atoms with Crippen LogP contribution in [0, 0.1) is 6.92 Å². The first-order valence-electron chi connectivity index (χ1n) is 9.45. The SMILES string of the molecule is Cc1ccc(OC2CN(C(=O)CCC(C)N3CCN(C)CC3)C2)cc1. The maximum absolute atomic E-state index is 12.4. The van der Waals surface area contributed by atoms with Gasteiger partial charge < -0.3 is 14.5 Å². The Balaban J connectivity index is 1.34. The minimum Gasteiger partial charge on any atom is -0.487 e. The van der Waals surface area contributed by atoms with Gasteiger partial charge in [-0.25, -0.2) is 0 Å². The summed E-state index contributed by atoms with van der Waals surface area (Å²) >= 11 is 0. The van der Waals surface area contributed by atoms with E-state index >= 15 is 0 Å². The average Bonchev–Trinajstić information content (AvgIpc) is 2.57. The summed E-state index contributed by atoms with van der Waals surface area (Å²) in [5, 5.41) is 0. The number of likely N-dealkylation sites (N-methyl/N-ethyl adjacent to an activating group) is 1. The van der Waals surface area contributed by atoms with Crippen molar-refractivity contribution in [2.24, 2.45) is 0 Å². The van der Waals surface area contributed by atoms with Crippen molar-refractivity contribution in [3.05, 3.63) is 29.8 Å². The Hall–Kier alpha value is -1.59. The number of rotatable bonds is 6. The van der Waals surface area contributed by atoms with Gasteiger partial charge >= 0.3 is 0 Å². The van der Waals surface area contributed by atoms with Gasteiger partial charge in [0.25, 0.3) is 0 Å². The maximum atomic E-state index is 12.4. The van der Waals surface area contributed by atoms with Gasteiger partial charge in [-0.15, -0.1) is 0 Å². The molecule has 5 heteroatoms. The lowest BCUT2D eigenvalue weighted by atomic mass is 10.1. The summed E-state index contributed by atoms with van der Waals surface area (Å²) in [6, 6.07) is 8.58. The van der Waals surface area contributed by atoms with Gasteiger partial charge in [-0.2, -0.15) is 0 Å². The van der Waals surface area contributed by atoms with E-state index in [2.05, 4.69) is 42.8 Å². The van der Waals surface area contributed by atoms with Crippen LogP contribution >= 0.6 is 0 Å². The molecule has 0 N–H and O–H groups in total. The van der Waals surface area contributed by atoms with Crippen molar-refractivity contribution in [2.45, 2.75) is 38.8 Å². The molecule has 2 aliphatic heterocycles. The van der Waals surface area contributed by atoms with Gasteiger partial charge in [0, 0.05) is 38.6 Å². The van der Waals surface area contributed by atoms with Crippen LogP contribution in [0.3, 0.4) is 0 Å². The highest BCUT2D eigenvalue weighted by molar-refractivity contribution is 5.77. The summed E-state index contributed by atoms with van der Waals surface area (Å²) in [6.45, 7) is 10.2. The highest BCUT2D eigenvalue weighted by atomic mass is 16.5. The number of aryl methyl sites for hydroxylation is 1. The quantitative estimate of drug-likeness (QED) is 0.790. The Bertz CT molecular complexity index is 561. The molecule has 0 saturated carbocycles. The molecule has 1 aromatic carbocycles. The molecule has 2 heterocycles. The number of hydrogen-bond donors (Lipinski definition) is 0. The van der Waals surface area contributed by atoms with Gasteiger partial charge in [-0.3, -0.25) is 9.69 Å². The lowest BCUT2D eigenvalue weighted by Crippen LogP contribution is -2.56. The van der Waals surface area contributed by atoms with E-state index in [0.717, 1.165) is 51.4 Å². The molecule has 1 atom stereocenters. The first-order valence-corrected chi connectivity index (χ1v) is 9.45. The number of benzene rings is 1. The lowest BCUT2D eigenvalue weighted by Gasteiger charge is -2.40. The fourth-order valence-electron chi connectivity index (χ4n) is 3.46. The topological polar surface area (TPSA) is 36.0 Å². The number of carbonyl (C=O) groups excluding carboxylic acids is 1. The molecule has 1 unspecified atom stereocenters. The van der Waals surface area contributed by atoms with Crippen LogP contribution in [0.15, 0.2) is 24.3 Å². The maximum Gasteiger partial charge on any atom is 0.222 e. The first kappa shape index (κ1) is 18.2. The highest BCUT2D eigenvalue weighted by Crippen LogP contribution is 2.20. The highest BCUT2D eigenvalue weighted by Gasteiger charge is 2.32. The smallest absolute Gasteiger partial charge is 0.222 e. The van der Waals surface area contributed by atoms with Crippen molar-refractivity contribution in [2.75, 3.05) is 46.3 Å². The van der Waals surface area contributed by atoms with E-state index in [1.165, 1.54) is 5.56 Å². The van der Waals surface area contributed by atoms with E-state index in [0.29, 0.717) is 12.5 Å². The van der Waals surface area contributed by atoms with Crippen molar-refractivity contribution < 1.29 is 9.53 Å². The average molecular weight is 345 g/mol. The van der Waals surface area contributed by atoms with Crippen LogP contribution in [0.2, 0.25) is 0 Å². The summed E-state index contributed by atoms with van der Waals surface area (Å²) in [4.78, 5) is 19.1. The third-order valence-electron chi connectivity index (χ3n) is 5.46. The van der Waals surface area contributed by atoms with Gasteiger partial charge in [0.15, 0.2) is 0 Å². The summed E-state index contributed by atoms with van der Waals surface area (Å²) < 4.78 is 5.91. The largest absolute Gasteiger partial charge is 0.487 e. The number of amides is 1. The van der Waals surface area contributed by atoms with E-state index in [9.17, 15) is 4.79 Å². The standard InChI is InChI=1S/C20H31N3O2/c1-16-4-7-18(8-5-16)25-19-14-23(15-19)20(24)9-6-17(2)22-12-10-21(3)11-13-22/h4-5,7-8,17,19H,6,9-15H2,1-3H3. The summed E-state index contributed by atoms with van der Waals surface area (Å²) in [7, 11) is 2.17. The van der Waals surface area contributed by atoms with Gasteiger partial charge in [0.2, 0.25) is 5.91 Å². The Morgan fingerprint density at radius 1 is 1.16 bits per heavy atom. The van der Waals surface area contributed by atoms with Gasteiger partial charge in [0.1, 0.15) is 11.9 Å². The Labute approximate surface area is 151 Å². The van der Waals surface area contributed by atoms with E-state index in [-0.39, 0.29) is 12.0 Å². The predicted molar refractivity (Wildman–Crippen MR) is 99.9 cm³/mol.